The number of hydrazone groups is 1. The number of nitrogens with zero attached hydrogens (tertiary/aromatic N) is 7. The molecule has 3 bridgehead atoms. The van der Waals surface area contributed by atoms with E-state index < -0.39 is 0 Å². The number of para-hydroxylation sites is 2. The number of hydrogen-bond acceptors (Lipinski definition) is 7. The standard InChI is InChI=1S/C45H39N7/c1-6-16-30(7-2)41-48-52-36-24-23-29-25-34(36)39(45(8-3,26-29)44(52)50(41)31-18-10-9-11-19-31)38-33-21-14-15-22-35(33)51-42-37(49(5)43(38)51)27-46-40(47-42)32-20-13-12-17-28(32)4/h6-7,9-25,27,43-44H,1-2,8,26H2,3-5H3/b30-16+,39-38-. The second kappa shape index (κ2) is 11.1. The molecule has 0 saturated heterocycles. The topological polar surface area (TPSA) is 51.1 Å². The van der Waals surface area contributed by atoms with Crippen molar-refractivity contribution in [3.05, 3.63) is 162 Å². The quantitative estimate of drug-likeness (QED) is 0.167. The van der Waals surface area contributed by atoms with E-state index in [1.165, 1.54) is 33.5 Å². The Bertz CT molecular complexity index is 2440. The van der Waals surface area contributed by atoms with Crippen molar-refractivity contribution in [2.75, 3.05) is 26.8 Å². The summed E-state index contributed by atoms with van der Waals surface area (Å²) in [7, 11) is 2.20. The van der Waals surface area contributed by atoms with Gasteiger partial charge in [-0.2, -0.15) is 5.10 Å². The van der Waals surface area contributed by atoms with Gasteiger partial charge >= 0.3 is 0 Å². The summed E-state index contributed by atoms with van der Waals surface area (Å²) in [4.78, 5) is 17.5. The van der Waals surface area contributed by atoms with Crippen LogP contribution in [-0.2, 0) is 6.42 Å². The van der Waals surface area contributed by atoms with Crippen LogP contribution in [0.1, 0.15) is 35.6 Å². The Hall–Kier alpha value is -6.21. The highest BCUT2D eigenvalue weighted by Gasteiger charge is 2.60. The van der Waals surface area contributed by atoms with Crippen LogP contribution in [0.3, 0.4) is 0 Å². The van der Waals surface area contributed by atoms with Gasteiger partial charge in [0.05, 0.1) is 17.6 Å². The Kier molecular flexibility index (Phi) is 6.56. The van der Waals surface area contributed by atoms with E-state index in [1.807, 2.05) is 24.4 Å². The Morgan fingerprint density at radius 2 is 1.63 bits per heavy atom. The molecule has 7 nitrogen and oxygen atoms in total. The predicted octanol–water partition coefficient (Wildman–Crippen LogP) is 9.52. The molecular formula is C45H39N7. The fourth-order valence-corrected chi connectivity index (χ4v) is 9.49. The monoisotopic (exact) mass is 677 g/mol. The van der Waals surface area contributed by atoms with Gasteiger partial charge in [0.1, 0.15) is 18.0 Å². The number of hydrogen-bond donors (Lipinski definition) is 0. The second-order valence-corrected chi connectivity index (χ2v) is 14.3. The van der Waals surface area contributed by atoms with Gasteiger partial charge in [-0.3, -0.25) is 4.90 Å². The molecule has 0 amide bonds. The smallest absolute Gasteiger partial charge is 0.162 e. The van der Waals surface area contributed by atoms with Crippen molar-refractivity contribution in [2.45, 2.75) is 39.0 Å². The van der Waals surface area contributed by atoms with Crippen molar-refractivity contribution in [3.63, 3.8) is 0 Å². The molecule has 0 spiro atoms. The van der Waals surface area contributed by atoms with E-state index in [4.69, 9.17) is 15.1 Å². The predicted molar refractivity (Wildman–Crippen MR) is 214 cm³/mol. The number of allylic oxidation sites excluding steroid dienone is 2. The van der Waals surface area contributed by atoms with Crippen molar-refractivity contribution in [1.29, 1.82) is 0 Å². The van der Waals surface area contributed by atoms with Gasteiger partial charge in [-0.15, -0.1) is 0 Å². The third-order valence-electron chi connectivity index (χ3n) is 11.8. The van der Waals surface area contributed by atoms with Crippen molar-refractivity contribution < 1.29 is 0 Å². The lowest BCUT2D eigenvalue weighted by Crippen LogP contribution is -2.59. The van der Waals surface area contributed by atoms with Crippen molar-refractivity contribution in [2.24, 2.45) is 10.5 Å². The molecule has 0 radical (unpaired) electrons. The normalized spacial score (nSPS) is 23.4. The zero-order chi connectivity index (χ0) is 35.3. The minimum atomic E-state index is -0.318. The SMILES string of the molecule is C=C/C=C(\C=C)C1=NN2c3ccc4cc3/C(=C3\c5ccccc5N5c6nc(-c7ccccc7C)ncc6N(C)C35)C(CC)(C4)C2N1c1ccccc1. The lowest BCUT2D eigenvalue weighted by atomic mass is 9.60. The summed E-state index contributed by atoms with van der Waals surface area (Å²) >= 11 is 0. The van der Waals surface area contributed by atoms with Gasteiger partial charge in [0.25, 0.3) is 0 Å². The van der Waals surface area contributed by atoms with Crippen LogP contribution < -0.4 is 19.7 Å². The molecule has 4 aliphatic heterocycles. The van der Waals surface area contributed by atoms with Crippen LogP contribution >= 0.6 is 0 Å². The molecule has 0 N–H and O–H groups in total. The van der Waals surface area contributed by atoms with Crippen LogP contribution in [0.2, 0.25) is 0 Å². The first-order valence-electron chi connectivity index (χ1n) is 18.1. The molecule has 1 aromatic heterocycles. The maximum atomic E-state index is 5.46. The van der Waals surface area contributed by atoms with E-state index in [0.717, 1.165) is 64.1 Å². The summed E-state index contributed by atoms with van der Waals surface area (Å²) in [6.07, 6.45) is 9.35. The van der Waals surface area contributed by atoms with Gasteiger partial charge in [0.15, 0.2) is 17.5 Å². The third-order valence-corrected chi connectivity index (χ3v) is 11.8. The number of anilines is 5. The molecule has 1 aliphatic carbocycles. The highest BCUT2D eigenvalue weighted by Crippen LogP contribution is 2.64. The molecular weight excluding hydrogens is 639 g/mol. The molecule has 0 saturated carbocycles. The van der Waals surface area contributed by atoms with E-state index in [9.17, 15) is 0 Å². The molecule has 5 aliphatic rings. The van der Waals surface area contributed by atoms with E-state index in [1.54, 1.807) is 0 Å². The number of amidine groups is 1. The average molecular weight is 678 g/mol. The minimum Gasteiger partial charge on any atom is -0.346 e. The van der Waals surface area contributed by atoms with Gasteiger partial charge in [-0.1, -0.05) is 105 Å². The molecule has 7 heteroatoms. The first kappa shape index (κ1) is 30.6. The lowest BCUT2D eigenvalue weighted by Gasteiger charge is -2.54. The number of fused-ring (bicyclic) bond motifs is 10. The summed E-state index contributed by atoms with van der Waals surface area (Å²) in [6.45, 7) is 12.7. The maximum absolute atomic E-state index is 5.46. The first-order valence-corrected chi connectivity index (χ1v) is 18.1. The van der Waals surface area contributed by atoms with E-state index in [-0.39, 0.29) is 17.7 Å². The number of rotatable bonds is 6. The Morgan fingerprint density at radius 3 is 2.40 bits per heavy atom. The molecule has 52 heavy (non-hydrogen) atoms. The van der Waals surface area contributed by atoms with Crippen LogP contribution in [0.15, 0.2) is 145 Å². The largest absolute Gasteiger partial charge is 0.346 e. The Labute approximate surface area is 304 Å². The number of aryl methyl sites for hydroxylation is 1. The summed E-state index contributed by atoms with van der Waals surface area (Å²) in [6, 6.07) is 34.9. The van der Waals surface area contributed by atoms with Gasteiger partial charge < -0.3 is 9.80 Å². The molecule has 254 valence electrons. The van der Waals surface area contributed by atoms with E-state index >= 15 is 0 Å². The third kappa shape index (κ3) is 3.93. The fourth-order valence-electron chi connectivity index (χ4n) is 9.49. The zero-order valence-corrected chi connectivity index (χ0v) is 29.7. The molecule has 5 heterocycles. The Morgan fingerprint density at radius 1 is 0.865 bits per heavy atom. The summed E-state index contributed by atoms with van der Waals surface area (Å²) in [5, 5.41) is 7.76. The maximum Gasteiger partial charge on any atom is 0.162 e. The molecule has 5 aromatic rings. The summed E-state index contributed by atoms with van der Waals surface area (Å²) in [5.41, 5.74) is 13.9. The molecule has 0 fully saturated rings. The summed E-state index contributed by atoms with van der Waals surface area (Å²) < 4.78 is 0. The van der Waals surface area contributed by atoms with E-state index in [0.29, 0.717) is 0 Å². The van der Waals surface area contributed by atoms with Gasteiger partial charge in [0, 0.05) is 46.0 Å². The molecule has 3 unspecified atom stereocenters. The molecule has 4 aromatic carbocycles. The minimum absolute atomic E-state index is 0.0905. The lowest BCUT2D eigenvalue weighted by molar-refractivity contribution is 0.290. The Balaban J connectivity index is 1.24. The van der Waals surface area contributed by atoms with Crippen LogP contribution in [0.25, 0.3) is 22.5 Å². The van der Waals surface area contributed by atoms with E-state index in [2.05, 4.69) is 151 Å². The highest BCUT2D eigenvalue weighted by atomic mass is 15.6. The molecule has 3 atom stereocenters. The number of aromatic nitrogens is 2. The van der Waals surface area contributed by atoms with Crippen LogP contribution in [0.4, 0.5) is 28.6 Å². The fraction of sp³-hybridized carbons (Fsp3) is 0.178. The highest BCUT2D eigenvalue weighted by molar-refractivity contribution is 6.17. The average Bonchev–Trinajstić information content (AvgIpc) is 3.82. The van der Waals surface area contributed by atoms with Gasteiger partial charge in [-0.05, 0) is 66.8 Å². The first-order chi connectivity index (χ1) is 25.5. The van der Waals surface area contributed by atoms with Crippen molar-refractivity contribution >= 4 is 45.5 Å². The van der Waals surface area contributed by atoms with Gasteiger partial charge in [0.2, 0.25) is 0 Å². The van der Waals surface area contributed by atoms with Crippen LogP contribution in [0, 0.1) is 12.3 Å². The van der Waals surface area contributed by atoms with Crippen LogP contribution in [0.5, 0.6) is 0 Å². The number of benzene rings is 4. The number of likely N-dealkylation sites (N-methyl/N-ethyl adjacent to an activating group) is 1. The van der Waals surface area contributed by atoms with Crippen molar-refractivity contribution in [1.82, 2.24) is 9.97 Å². The van der Waals surface area contributed by atoms with Crippen LogP contribution in [-0.4, -0.2) is 35.2 Å². The molecule has 10 rings (SSSR count). The van der Waals surface area contributed by atoms with Gasteiger partial charge in [-0.25, -0.2) is 15.0 Å². The van der Waals surface area contributed by atoms with Crippen molar-refractivity contribution in [3.8, 4) is 11.4 Å². The summed E-state index contributed by atoms with van der Waals surface area (Å²) in [5.74, 6) is 2.57. The second-order valence-electron chi connectivity index (χ2n) is 14.3. The zero-order valence-electron chi connectivity index (χ0n) is 29.7.